The van der Waals surface area contributed by atoms with Crippen molar-refractivity contribution in [2.75, 3.05) is 0 Å². The molecule has 0 saturated heterocycles. The van der Waals surface area contributed by atoms with E-state index < -0.39 is 0 Å². The van der Waals surface area contributed by atoms with Crippen LogP contribution in [0, 0.1) is 0 Å². The Morgan fingerprint density at radius 3 is 2.19 bits per heavy atom. The number of rotatable bonds is 4. The van der Waals surface area contributed by atoms with Gasteiger partial charge in [0.2, 0.25) is 0 Å². The molecular formula is C17H13BrO3. The Bertz CT molecular complexity index is 670. The van der Waals surface area contributed by atoms with Crippen molar-refractivity contribution < 1.29 is 14.3 Å². The van der Waals surface area contributed by atoms with Gasteiger partial charge in [-0.3, -0.25) is 9.59 Å². The molecule has 3 nitrogen and oxygen atoms in total. The SMILES string of the molecule is CC(=O)Oc1ccc(/C=C/C(=O)c2ccc(Br)cc2)cc1. The molecule has 0 fully saturated rings. The molecule has 0 N–H and O–H groups in total. The second kappa shape index (κ2) is 6.99. The summed E-state index contributed by atoms with van der Waals surface area (Å²) in [5, 5.41) is 0. The van der Waals surface area contributed by atoms with Crippen molar-refractivity contribution in [2.24, 2.45) is 0 Å². The van der Waals surface area contributed by atoms with Crippen molar-refractivity contribution in [2.45, 2.75) is 6.92 Å². The molecule has 0 spiro atoms. The molecule has 0 atom stereocenters. The van der Waals surface area contributed by atoms with Crippen LogP contribution in [0.15, 0.2) is 59.1 Å². The van der Waals surface area contributed by atoms with Gasteiger partial charge in [-0.25, -0.2) is 0 Å². The third-order valence-corrected chi connectivity index (χ3v) is 3.23. The molecular weight excluding hydrogens is 332 g/mol. The monoisotopic (exact) mass is 344 g/mol. The van der Waals surface area contributed by atoms with Crippen molar-refractivity contribution in [1.29, 1.82) is 0 Å². The first-order valence-electron chi connectivity index (χ1n) is 6.31. The minimum atomic E-state index is -0.358. The highest BCUT2D eigenvalue weighted by molar-refractivity contribution is 9.10. The number of benzene rings is 2. The average Bonchev–Trinajstić information content (AvgIpc) is 2.46. The van der Waals surface area contributed by atoms with Crippen molar-refractivity contribution in [3.8, 4) is 5.75 Å². The Kier molecular flexibility index (Phi) is 5.06. The number of hydrogen-bond donors (Lipinski definition) is 0. The summed E-state index contributed by atoms with van der Waals surface area (Å²) in [7, 11) is 0. The molecule has 0 aromatic heterocycles. The number of carbonyl (C=O) groups is 2. The normalized spacial score (nSPS) is 10.6. The van der Waals surface area contributed by atoms with Gasteiger partial charge in [-0.15, -0.1) is 0 Å². The summed E-state index contributed by atoms with van der Waals surface area (Å²) < 4.78 is 5.88. The summed E-state index contributed by atoms with van der Waals surface area (Å²) in [5.74, 6) is 0.0640. The highest BCUT2D eigenvalue weighted by Crippen LogP contribution is 2.15. The van der Waals surface area contributed by atoms with Crippen LogP contribution in [-0.4, -0.2) is 11.8 Å². The van der Waals surface area contributed by atoms with Crippen LogP contribution in [-0.2, 0) is 4.79 Å². The number of esters is 1. The summed E-state index contributed by atoms with van der Waals surface area (Å²) >= 11 is 3.33. The van der Waals surface area contributed by atoms with Gasteiger partial charge in [0.25, 0.3) is 0 Å². The lowest BCUT2D eigenvalue weighted by Crippen LogP contribution is -2.00. The van der Waals surface area contributed by atoms with Crippen molar-refractivity contribution >= 4 is 33.8 Å². The fraction of sp³-hybridized carbons (Fsp3) is 0.0588. The van der Waals surface area contributed by atoms with Gasteiger partial charge in [-0.2, -0.15) is 0 Å². The van der Waals surface area contributed by atoms with E-state index in [0.29, 0.717) is 11.3 Å². The van der Waals surface area contributed by atoms with E-state index >= 15 is 0 Å². The maximum Gasteiger partial charge on any atom is 0.308 e. The maximum atomic E-state index is 12.0. The Morgan fingerprint density at radius 1 is 1.00 bits per heavy atom. The van der Waals surface area contributed by atoms with Gasteiger partial charge in [0, 0.05) is 17.0 Å². The predicted molar refractivity (Wildman–Crippen MR) is 85.3 cm³/mol. The molecule has 2 aromatic carbocycles. The second-order valence-electron chi connectivity index (χ2n) is 4.37. The van der Waals surface area contributed by atoms with Crippen LogP contribution in [0.5, 0.6) is 5.75 Å². The van der Waals surface area contributed by atoms with Crippen LogP contribution in [0.3, 0.4) is 0 Å². The van der Waals surface area contributed by atoms with Gasteiger partial charge in [0.15, 0.2) is 5.78 Å². The van der Waals surface area contributed by atoms with Crippen molar-refractivity contribution in [3.05, 3.63) is 70.2 Å². The van der Waals surface area contributed by atoms with Crippen molar-refractivity contribution in [1.82, 2.24) is 0 Å². The topological polar surface area (TPSA) is 43.4 Å². The van der Waals surface area contributed by atoms with E-state index in [-0.39, 0.29) is 11.8 Å². The zero-order valence-electron chi connectivity index (χ0n) is 11.4. The van der Waals surface area contributed by atoms with E-state index in [0.717, 1.165) is 10.0 Å². The molecule has 0 radical (unpaired) electrons. The quantitative estimate of drug-likeness (QED) is 0.360. The highest BCUT2D eigenvalue weighted by Gasteiger charge is 2.01. The summed E-state index contributed by atoms with van der Waals surface area (Å²) in [6, 6.07) is 14.1. The predicted octanol–water partition coefficient (Wildman–Crippen LogP) is 4.27. The molecule has 0 amide bonds. The van der Waals surface area contributed by atoms with E-state index in [2.05, 4.69) is 15.9 Å². The average molecular weight is 345 g/mol. The number of ketones is 1. The van der Waals surface area contributed by atoms with E-state index in [9.17, 15) is 9.59 Å². The van der Waals surface area contributed by atoms with Gasteiger partial charge < -0.3 is 4.74 Å². The zero-order chi connectivity index (χ0) is 15.2. The number of hydrogen-bond acceptors (Lipinski definition) is 3. The van der Waals surface area contributed by atoms with Crippen LogP contribution in [0.2, 0.25) is 0 Å². The molecule has 0 bridgehead atoms. The lowest BCUT2D eigenvalue weighted by molar-refractivity contribution is -0.131. The fourth-order valence-electron chi connectivity index (χ4n) is 1.70. The van der Waals surface area contributed by atoms with Gasteiger partial charge in [-0.05, 0) is 48.0 Å². The van der Waals surface area contributed by atoms with Gasteiger partial charge in [0.1, 0.15) is 5.75 Å². The molecule has 0 aliphatic carbocycles. The summed E-state index contributed by atoms with van der Waals surface area (Å²) in [6.45, 7) is 1.35. The lowest BCUT2D eigenvalue weighted by atomic mass is 10.1. The van der Waals surface area contributed by atoms with Gasteiger partial charge in [-0.1, -0.05) is 34.1 Å². The summed E-state index contributed by atoms with van der Waals surface area (Å²) in [4.78, 5) is 22.8. The first-order chi connectivity index (χ1) is 10.0. The van der Waals surface area contributed by atoms with E-state index in [1.165, 1.54) is 13.0 Å². The third-order valence-electron chi connectivity index (χ3n) is 2.70. The smallest absolute Gasteiger partial charge is 0.308 e. The Hall–Kier alpha value is -2.20. The summed E-state index contributed by atoms with van der Waals surface area (Å²) in [6.07, 6.45) is 3.24. The molecule has 4 heteroatoms. The van der Waals surface area contributed by atoms with E-state index in [1.807, 2.05) is 12.1 Å². The highest BCUT2D eigenvalue weighted by atomic mass is 79.9. The molecule has 0 aliphatic rings. The van der Waals surface area contributed by atoms with Crippen LogP contribution in [0.4, 0.5) is 0 Å². The minimum Gasteiger partial charge on any atom is -0.427 e. The first-order valence-corrected chi connectivity index (χ1v) is 7.10. The van der Waals surface area contributed by atoms with Gasteiger partial charge in [0.05, 0.1) is 0 Å². The number of carbonyl (C=O) groups excluding carboxylic acids is 2. The fourth-order valence-corrected chi connectivity index (χ4v) is 1.96. The molecule has 21 heavy (non-hydrogen) atoms. The molecule has 106 valence electrons. The number of allylic oxidation sites excluding steroid dienone is 1. The van der Waals surface area contributed by atoms with Crippen LogP contribution >= 0.6 is 15.9 Å². The Labute approximate surface area is 131 Å². The van der Waals surface area contributed by atoms with E-state index in [4.69, 9.17) is 4.74 Å². The standard InChI is InChI=1S/C17H13BrO3/c1-12(19)21-16-9-2-13(3-10-16)4-11-17(20)14-5-7-15(18)8-6-14/h2-11H,1H3/b11-4+. The molecule has 0 unspecified atom stereocenters. The minimum absolute atomic E-state index is 0.0634. The third kappa shape index (κ3) is 4.68. The molecule has 2 aromatic rings. The van der Waals surface area contributed by atoms with Gasteiger partial charge >= 0.3 is 5.97 Å². The maximum absolute atomic E-state index is 12.0. The summed E-state index contributed by atoms with van der Waals surface area (Å²) in [5.41, 5.74) is 1.49. The number of ether oxygens (including phenoxy) is 1. The molecule has 0 saturated carbocycles. The van der Waals surface area contributed by atoms with Crippen LogP contribution < -0.4 is 4.74 Å². The van der Waals surface area contributed by atoms with Crippen LogP contribution in [0.25, 0.3) is 6.08 Å². The Balaban J connectivity index is 2.05. The Morgan fingerprint density at radius 2 is 1.62 bits per heavy atom. The largest absolute Gasteiger partial charge is 0.427 e. The molecule has 0 heterocycles. The lowest BCUT2D eigenvalue weighted by Gasteiger charge is -2.01. The second-order valence-corrected chi connectivity index (χ2v) is 5.28. The number of halogens is 1. The van der Waals surface area contributed by atoms with E-state index in [1.54, 1.807) is 42.5 Å². The first kappa shape index (κ1) is 15.2. The molecule has 2 rings (SSSR count). The zero-order valence-corrected chi connectivity index (χ0v) is 13.0. The molecule has 0 aliphatic heterocycles. The van der Waals surface area contributed by atoms with Crippen molar-refractivity contribution in [3.63, 3.8) is 0 Å². The van der Waals surface area contributed by atoms with Crippen LogP contribution in [0.1, 0.15) is 22.8 Å².